The Morgan fingerprint density at radius 3 is 2.21 bits per heavy atom. The molecule has 4 rings (SSSR count). The number of rotatable bonds is 9. The number of fused-ring (bicyclic) bond motifs is 5. The Balaban J connectivity index is 1.40. The molecule has 0 heterocycles. The predicted molar refractivity (Wildman–Crippen MR) is 136 cm³/mol. The third-order valence-electron chi connectivity index (χ3n) is 11.6. The van der Waals surface area contributed by atoms with Gasteiger partial charge in [0.25, 0.3) is 0 Å². The summed E-state index contributed by atoms with van der Waals surface area (Å²) in [7, 11) is 0. The predicted octanol–water partition coefficient (Wildman–Crippen LogP) is 6.85. The van der Waals surface area contributed by atoms with Crippen LogP contribution in [-0.4, -0.2) is 35.6 Å². The second-order valence-electron chi connectivity index (χ2n) is 13.7. The van der Waals surface area contributed by atoms with Crippen molar-refractivity contribution < 1.29 is 14.9 Å². The SMILES string of the molecule is CC(C)CCC[C@@H](C)[C@H]1CC[C@H]2[C@@H]3CC[C@H]4C[C@@H](OC(CO)CO)CC[C@]4(C)[C@H]3CC[C@]12C. The number of ether oxygens (including phenoxy) is 1. The third kappa shape index (κ3) is 4.94. The molecule has 192 valence electrons. The van der Waals surface area contributed by atoms with Crippen molar-refractivity contribution >= 4 is 0 Å². The number of hydrogen-bond donors (Lipinski definition) is 2. The van der Waals surface area contributed by atoms with Crippen LogP contribution in [0.3, 0.4) is 0 Å². The molecule has 0 radical (unpaired) electrons. The van der Waals surface area contributed by atoms with E-state index in [0.717, 1.165) is 54.3 Å². The first-order valence-electron chi connectivity index (χ1n) is 14.6. The summed E-state index contributed by atoms with van der Waals surface area (Å²) in [4.78, 5) is 0. The normalized spacial score (nSPS) is 43.9. The average Bonchev–Trinajstić information content (AvgIpc) is 3.14. The van der Waals surface area contributed by atoms with Crippen LogP contribution in [0.4, 0.5) is 0 Å². The first kappa shape index (κ1) is 26.0. The van der Waals surface area contributed by atoms with Crippen molar-refractivity contribution in [3.8, 4) is 0 Å². The zero-order chi connectivity index (χ0) is 23.8. The Kier molecular flexibility index (Phi) is 8.24. The van der Waals surface area contributed by atoms with Gasteiger partial charge in [-0.15, -0.1) is 0 Å². The molecule has 0 amide bonds. The third-order valence-corrected chi connectivity index (χ3v) is 11.6. The Morgan fingerprint density at radius 2 is 1.52 bits per heavy atom. The molecule has 0 bridgehead atoms. The highest BCUT2D eigenvalue weighted by Gasteiger charge is 2.60. The maximum absolute atomic E-state index is 9.45. The smallest absolute Gasteiger partial charge is 0.104 e. The van der Waals surface area contributed by atoms with Gasteiger partial charge >= 0.3 is 0 Å². The van der Waals surface area contributed by atoms with Gasteiger partial charge in [0.1, 0.15) is 6.10 Å². The van der Waals surface area contributed by atoms with Crippen LogP contribution >= 0.6 is 0 Å². The zero-order valence-corrected chi connectivity index (χ0v) is 22.4. The van der Waals surface area contributed by atoms with E-state index in [0.29, 0.717) is 10.8 Å². The van der Waals surface area contributed by atoms with Crippen molar-refractivity contribution in [2.75, 3.05) is 13.2 Å². The van der Waals surface area contributed by atoms with Crippen LogP contribution in [0.5, 0.6) is 0 Å². The monoisotopic (exact) mass is 462 g/mol. The fraction of sp³-hybridized carbons (Fsp3) is 1.00. The maximum atomic E-state index is 9.45. The van der Waals surface area contributed by atoms with Gasteiger partial charge < -0.3 is 14.9 Å². The summed E-state index contributed by atoms with van der Waals surface area (Å²) in [5, 5.41) is 18.9. The molecule has 0 aromatic carbocycles. The van der Waals surface area contributed by atoms with Gasteiger partial charge in [0.2, 0.25) is 0 Å². The van der Waals surface area contributed by atoms with Gasteiger partial charge in [0, 0.05) is 0 Å². The minimum atomic E-state index is -0.399. The quantitative estimate of drug-likeness (QED) is 0.394. The Hall–Kier alpha value is -0.120. The molecule has 0 aliphatic heterocycles. The van der Waals surface area contributed by atoms with Crippen molar-refractivity contribution in [1.82, 2.24) is 0 Å². The van der Waals surface area contributed by atoms with Crippen LogP contribution in [0.2, 0.25) is 0 Å². The van der Waals surface area contributed by atoms with E-state index in [1.54, 1.807) is 0 Å². The molecule has 3 heteroatoms. The first-order chi connectivity index (χ1) is 15.7. The van der Waals surface area contributed by atoms with Crippen LogP contribution in [0.15, 0.2) is 0 Å². The summed E-state index contributed by atoms with van der Waals surface area (Å²) in [6.07, 6.45) is 16.2. The van der Waals surface area contributed by atoms with E-state index in [9.17, 15) is 10.2 Å². The zero-order valence-electron chi connectivity index (χ0n) is 22.4. The summed E-state index contributed by atoms with van der Waals surface area (Å²) in [6, 6.07) is 0. The van der Waals surface area contributed by atoms with Crippen LogP contribution in [0.25, 0.3) is 0 Å². The highest BCUT2D eigenvalue weighted by molar-refractivity contribution is 5.09. The van der Waals surface area contributed by atoms with E-state index in [1.807, 2.05) is 0 Å². The fourth-order valence-electron chi connectivity index (χ4n) is 9.78. The van der Waals surface area contributed by atoms with Gasteiger partial charge in [-0.25, -0.2) is 0 Å². The van der Waals surface area contributed by atoms with E-state index in [-0.39, 0.29) is 19.3 Å². The topological polar surface area (TPSA) is 49.7 Å². The molecule has 0 aromatic heterocycles. The maximum Gasteiger partial charge on any atom is 0.104 e. The summed E-state index contributed by atoms with van der Waals surface area (Å²) >= 11 is 0. The molecule has 2 N–H and O–H groups in total. The van der Waals surface area contributed by atoms with Gasteiger partial charge in [0.05, 0.1) is 19.3 Å². The lowest BCUT2D eigenvalue weighted by molar-refractivity contribution is -0.152. The summed E-state index contributed by atoms with van der Waals surface area (Å²) in [5.74, 6) is 6.23. The van der Waals surface area contributed by atoms with Crippen molar-refractivity contribution in [2.24, 2.45) is 52.3 Å². The Labute approximate surface area is 204 Å². The molecule has 33 heavy (non-hydrogen) atoms. The molecule has 4 saturated carbocycles. The summed E-state index contributed by atoms with van der Waals surface area (Å²) in [5.41, 5.74) is 1.05. The van der Waals surface area contributed by atoms with Crippen molar-refractivity contribution in [1.29, 1.82) is 0 Å². The molecule has 0 saturated heterocycles. The highest BCUT2D eigenvalue weighted by Crippen LogP contribution is 2.68. The van der Waals surface area contributed by atoms with E-state index in [1.165, 1.54) is 64.2 Å². The van der Waals surface area contributed by atoms with Crippen LogP contribution in [0.1, 0.15) is 112 Å². The second kappa shape index (κ2) is 10.5. The highest BCUT2D eigenvalue weighted by atomic mass is 16.5. The molecule has 0 spiro atoms. The van der Waals surface area contributed by atoms with Gasteiger partial charge in [0.15, 0.2) is 0 Å². The molecule has 4 fully saturated rings. The number of aliphatic hydroxyl groups is 2. The van der Waals surface area contributed by atoms with Crippen LogP contribution in [-0.2, 0) is 4.74 Å². The molecular weight excluding hydrogens is 408 g/mol. The Bertz CT molecular complexity index is 630. The Morgan fingerprint density at radius 1 is 0.818 bits per heavy atom. The lowest BCUT2D eigenvalue weighted by Crippen LogP contribution is -2.54. The molecule has 0 unspecified atom stereocenters. The van der Waals surface area contributed by atoms with E-state index < -0.39 is 6.10 Å². The van der Waals surface area contributed by atoms with Crippen LogP contribution in [0, 0.1) is 52.3 Å². The summed E-state index contributed by atoms with van der Waals surface area (Å²) < 4.78 is 6.09. The minimum Gasteiger partial charge on any atom is -0.394 e. The summed E-state index contributed by atoms with van der Waals surface area (Å²) in [6.45, 7) is 12.5. The van der Waals surface area contributed by atoms with Crippen molar-refractivity contribution in [2.45, 2.75) is 124 Å². The van der Waals surface area contributed by atoms with Gasteiger partial charge in [-0.1, -0.05) is 53.9 Å². The van der Waals surface area contributed by atoms with Crippen molar-refractivity contribution in [3.63, 3.8) is 0 Å². The van der Waals surface area contributed by atoms with Crippen LogP contribution < -0.4 is 0 Å². The lowest BCUT2D eigenvalue weighted by Gasteiger charge is -2.61. The second-order valence-corrected chi connectivity index (χ2v) is 13.7. The standard InChI is InChI=1S/C30H54O3/c1-20(2)7-6-8-21(3)26-11-12-27-25-10-9-22-17-23(33-24(18-31)19-32)13-15-29(22,4)28(25)14-16-30(26,27)5/h20-28,31-32H,6-19H2,1-5H3/t21-,22+,23+,25+,26-,27+,28+,29+,30-/m1/s1. The molecular formula is C30H54O3. The molecule has 4 aliphatic carbocycles. The average molecular weight is 463 g/mol. The van der Waals surface area contributed by atoms with Crippen molar-refractivity contribution in [3.05, 3.63) is 0 Å². The molecule has 0 aromatic rings. The molecule has 9 atom stereocenters. The largest absolute Gasteiger partial charge is 0.394 e. The lowest BCUT2D eigenvalue weighted by atomic mass is 9.44. The molecule has 3 nitrogen and oxygen atoms in total. The first-order valence-corrected chi connectivity index (χ1v) is 14.6. The van der Waals surface area contributed by atoms with Gasteiger partial charge in [-0.3, -0.25) is 0 Å². The van der Waals surface area contributed by atoms with E-state index >= 15 is 0 Å². The minimum absolute atomic E-state index is 0.0725. The van der Waals surface area contributed by atoms with E-state index in [4.69, 9.17) is 4.74 Å². The molecule has 4 aliphatic rings. The fourth-order valence-corrected chi connectivity index (χ4v) is 9.78. The number of hydrogen-bond acceptors (Lipinski definition) is 3. The van der Waals surface area contributed by atoms with Gasteiger partial charge in [-0.05, 0) is 110 Å². The van der Waals surface area contributed by atoms with E-state index in [2.05, 4.69) is 34.6 Å². The van der Waals surface area contributed by atoms with Gasteiger partial charge in [-0.2, -0.15) is 0 Å². The number of aliphatic hydroxyl groups excluding tert-OH is 2.